The molecule has 18 heavy (non-hydrogen) atoms. The standard InChI is InChI=1S/C13H23N3O2/c1-14-10(8-13(18-4)6-5-7-13)12-11(17-3)9-15-16(12)2/h9-10,14H,5-8H2,1-4H3. The van der Waals surface area contributed by atoms with E-state index in [-0.39, 0.29) is 11.6 Å². The van der Waals surface area contributed by atoms with E-state index < -0.39 is 0 Å². The van der Waals surface area contributed by atoms with E-state index in [1.165, 1.54) is 6.42 Å². The van der Waals surface area contributed by atoms with E-state index in [9.17, 15) is 0 Å². The summed E-state index contributed by atoms with van der Waals surface area (Å²) in [6.45, 7) is 0. The fraction of sp³-hybridized carbons (Fsp3) is 0.769. The van der Waals surface area contributed by atoms with Crippen molar-refractivity contribution in [3.8, 4) is 5.75 Å². The first-order valence-corrected chi connectivity index (χ1v) is 6.44. The monoisotopic (exact) mass is 253 g/mol. The average Bonchev–Trinajstić information content (AvgIpc) is 2.71. The second kappa shape index (κ2) is 5.28. The van der Waals surface area contributed by atoms with Gasteiger partial charge in [-0.05, 0) is 32.7 Å². The van der Waals surface area contributed by atoms with Crippen LogP contribution < -0.4 is 10.1 Å². The molecule has 0 spiro atoms. The highest BCUT2D eigenvalue weighted by Crippen LogP contribution is 2.42. The molecule has 2 rings (SSSR count). The van der Waals surface area contributed by atoms with Crippen LogP contribution in [0.2, 0.25) is 0 Å². The third-order valence-corrected chi connectivity index (χ3v) is 4.12. The third kappa shape index (κ3) is 2.24. The molecule has 1 aliphatic carbocycles. The highest BCUT2D eigenvalue weighted by molar-refractivity contribution is 5.28. The first kappa shape index (κ1) is 13.4. The van der Waals surface area contributed by atoms with Crippen molar-refractivity contribution in [3.05, 3.63) is 11.9 Å². The molecule has 1 atom stereocenters. The maximum Gasteiger partial charge on any atom is 0.161 e. The summed E-state index contributed by atoms with van der Waals surface area (Å²) in [7, 11) is 7.41. The van der Waals surface area contributed by atoms with Crippen molar-refractivity contribution in [2.24, 2.45) is 7.05 Å². The van der Waals surface area contributed by atoms with Crippen molar-refractivity contribution in [2.75, 3.05) is 21.3 Å². The summed E-state index contributed by atoms with van der Waals surface area (Å²) in [6, 6.07) is 0.202. The number of nitrogens with zero attached hydrogens (tertiary/aromatic N) is 2. The Morgan fingerprint density at radius 1 is 1.50 bits per heavy atom. The van der Waals surface area contributed by atoms with E-state index in [2.05, 4.69) is 10.4 Å². The Hall–Kier alpha value is -1.07. The molecular formula is C13H23N3O2. The van der Waals surface area contributed by atoms with E-state index >= 15 is 0 Å². The number of hydrogen-bond donors (Lipinski definition) is 1. The van der Waals surface area contributed by atoms with Gasteiger partial charge in [-0.1, -0.05) is 0 Å². The lowest BCUT2D eigenvalue weighted by Gasteiger charge is -2.42. The molecule has 0 aliphatic heterocycles. The molecule has 5 heteroatoms. The summed E-state index contributed by atoms with van der Waals surface area (Å²) >= 11 is 0. The Labute approximate surface area is 108 Å². The second-order valence-electron chi connectivity index (χ2n) is 5.01. The zero-order valence-corrected chi connectivity index (χ0v) is 11.7. The third-order valence-electron chi connectivity index (χ3n) is 4.12. The molecule has 0 saturated heterocycles. The van der Waals surface area contributed by atoms with Crippen LogP contribution in [0.3, 0.4) is 0 Å². The van der Waals surface area contributed by atoms with E-state index in [0.29, 0.717) is 0 Å². The molecule has 0 radical (unpaired) electrons. The van der Waals surface area contributed by atoms with E-state index in [0.717, 1.165) is 30.7 Å². The predicted molar refractivity (Wildman–Crippen MR) is 69.8 cm³/mol. The highest BCUT2D eigenvalue weighted by atomic mass is 16.5. The smallest absolute Gasteiger partial charge is 0.161 e. The van der Waals surface area contributed by atoms with Gasteiger partial charge in [-0.2, -0.15) is 5.10 Å². The van der Waals surface area contributed by atoms with Crippen LogP contribution in [0.5, 0.6) is 5.75 Å². The Bertz CT molecular complexity index is 393. The molecule has 1 aromatic rings. The minimum atomic E-state index is 0.0307. The summed E-state index contributed by atoms with van der Waals surface area (Å²) in [5, 5.41) is 7.62. The minimum absolute atomic E-state index is 0.0307. The molecule has 0 amide bonds. The van der Waals surface area contributed by atoms with Crippen LogP contribution in [-0.2, 0) is 11.8 Å². The molecule has 1 N–H and O–H groups in total. The SMILES string of the molecule is CNC(CC1(OC)CCC1)c1c(OC)cnn1C. The van der Waals surface area contributed by atoms with Gasteiger partial charge in [-0.15, -0.1) is 0 Å². The maximum atomic E-state index is 5.71. The summed E-state index contributed by atoms with van der Waals surface area (Å²) < 4.78 is 13.0. The lowest BCUT2D eigenvalue weighted by atomic mass is 9.75. The molecule has 0 aromatic carbocycles. The number of rotatable bonds is 6. The van der Waals surface area contributed by atoms with Crippen LogP contribution in [0.4, 0.5) is 0 Å². The Morgan fingerprint density at radius 3 is 2.67 bits per heavy atom. The van der Waals surface area contributed by atoms with Crippen LogP contribution in [0.15, 0.2) is 6.20 Å². The van der Waals surface area contributed by atoms with Crippen molar-refractivity contribution >= 4 is 0 Å². The molecule has 1 aromatic heterocycles. The molecular weight excluding hydrogens is 230 g/mol. The normalized spacial score (nSPS) is 19.3. The van der Waals surface area contributed by atoms with Gasteiger partial charge >= 0.3 is 0 Å². The first-order chi connectivity index (χ1) is 8.65. The van der Waals surface area contributed by atoms with Crippen LogP contribution in [0.1, 0.15) is 37.4 Å². The Morgan fingerprint density at radius 2 is 2.22 bits per heavy atom. The molecule has 1 saturated carbocycles. The molecule has 5 nitrogen and oxygen atoms in total. The molecule has 1 fully saturated rings. The van der Waals surface area contributed by atoms with E-state index in [1.54, 1.807) is 13.3 Å². The number of ether oxygens (including phenoxy) is 2. The molecule has 1 aliphatic rings. The van der Waals surface area contributed by atoms with Crippen molar-refractivity contribution < 1.29 is 9.47 Å². The average molecular weight is 253 g/mol. The van der Waals surface area contributed by atoms with Crippen molar-refractivity contribution in [2.45, 2.75) is 37.3 Å². The lowest BCUT2D eigenvalue weighted by Crippen LogP contribution is -2.42. The van der Waals surface area contributed by atoms with E-state index in [4.69, 9.17) is 9.47 Å². The Kier molecular flexibility index (Phi) is 3.92. The van der Waals surface area contributed by atoms with Crippen molar-refractivity contribution in [3.63, 3.8) is 0 Å². The Balaban J connectivity index is 2.19. The number of aromatic nitrogens is 2. The quantitative estimate of drug-likeness (QED) is 0.837. The minimum Gasteiger partial charge on any atom is -0.493 e. The first-order valence-electron chi connectivity index (χ1n) is 6.44. The topological polar surface area (TPSA) is 48.3 Å². The zero-order chi connectivity index (χ0) is 13.2. The maximum absolute atomic E-state index is 5.71. The largest absolute Gasteiger partial charge is 0.493 e. The fourth-order valence-corrected chi connectivity index (χ4v) is 2.75. The number of methoxy groups -OCH3 is 2. The zero-order valence-electron chi connectivity index (χ0n) is 11.7. The summed E-state index contributed by atoms with van der Waals surface area (Å²) in [4.78, 5) is 0. The van der Waals surface area contributed by atoms with Crippen molar-refractivity contribution in [1.29, 1.82) is 0 Å². The van der Waals surface area contributed by atoms with Gasteiger partial charge in [0.05, 0.1) is 30.6 Å². The molecule has 102 valence electrons. The van der Waals surface area contributed by atoms with Gasteiger partial charge in [0.25, 0.3) is 0 Å². The molecule has 1 heterocycles. The second-order valence-corrected chi connectivity index (χ2v) is 5.01. The van der Waals surface area contributed by atoms with Gasteiger partial charge in [0.2, 0.25) is 0 Å². The van der Waals surface area contributed by atoms with Crippen LogP contribution >= 0.6 is 0 Å². The number of aryl methyl sites for hydroxylation is 1. The van der Waals surface area contributed by atoms with Gasteiger partial charge in [-0.25, -0.2) is 0 Å². The summed E-state index contributed by atoms with van der Waals surface area (Å²) in [5.41, 5.74) is 1.12. The van der Waals surface area contributed by atoms with Crippen molar-refractivity contribution in [1.82, 2.24) is 15.1 Å². The number of nitrogens with one attached hydrogen (secondary N) is 1. The van der Waals surface area contributed by atoms with Gasteiger partial charge in [0.1, 0.15) is 0 Å². The van der Waals surface area contributed by atoms with Crippen LogP contribution in [-0.4, -0.2) is 36.6 Å². The predicted octanol–water partition coefficient (Wildman–Crippen LogP) is 1.65. The lowest BCUT2D eigenvalue weighted by molar-refractivity contribution is -0.0839. The van der Waals surface area contributed by atoms with Gasteiger partial charge in [0.15, 0.2) is 5.75 Å². The summed E-state index contributed by atoms with van der Waals surface area (Å²) in [5.74, 6) is 0.836. The van der Waals surface area contributed by atoms with Gasteiger partial charge in [-0.3, -0.25) is 4.68 Å². The molecule has 1 unspecified atom stereocenters. The van der Waals surface area contributed by atoms with Gasteiger partial charge < -0.3 is 14.8 Å². The van der Waals surface area contributed by atoms with Crippen LogP contribution in [0.25, 0.3) is 0 Å². The number of hydrogen-bond acceptors (Lipinski definition) is 4. The highest BCUT2D eigenvalue weighted by Gasteiger charge is 2.40. The summed E-state index contributed by atoms with van der Waals surface area (Å²) in [6.07, 6.45) is 6.26. The molecule has 0 bridgehead atoms. The fourth-order valence-electron chi connectivity index (χ4n) is 2.75. The van der Waals surface area contributed by atoms with E-state index in [1.807, 2.05) is 25.9 Å². The van der Waals surface area contributed by atoms with Crippen LogP contribution in [0, 0.1) is 0 Å². The van der Waals surface area contributed by atoms with Gasteiger partial charge in [0, 0.05) is 14.2 Å².